The standard InChI is InChI=1S/C20H25ClN4O3/c1-3-15-10-17(24-23-15)20(27)25-8-4-5-13(12-25)11-22-19(26)16-7-6-14(21)9-18(16)28-2/h6-7,9-10,13H,3-5,8,11-12H2,1-2H3,(H,22,26)(H,23,24). The first-order chi connectivity index (χ1) is 13.5. The van der Waals surface area contributed by atoms with Crippen molar-refractivity contribution < 1.29 is 14.3 Å². The predicted octanol–water partition coefficient (Wildman–Crippen LogP) is 2.92. The van der Waals surface area contributed by atoms with Crippen LogP contribution in [0.25, 0.3) is 0 Å². The first-order valence-electron chi connectivity index (χ1n) is 9.47. The van der Waals surface area contributed by atoms with Crippen molar-refractivity contribution >= 4 is 23.4 Å². The second-order valence-corrected chi connectivity index (χ2v) is 7.38. The lowest BCUT2D eigenvalue weighted by Gasteiger charge is -2.32. The molecule has 2 heterocycles. The molecule has 0 radical (unpaired) electrons. The SMILES string of the molecule is CCc1cc(C(=O)N2CCCC(CNC(=O)c3ccc(Cl)cc3OC)C2)n[nH]1. The maximum absolute atomic E-state index is 12.7. The van der Waals surface area contributed by atoms with Crippen molar-refractivity contribution in [3.8, 4) is 5.75 Å². The minimum Gasteiger partial charge on any atom is -0.496 e. The average molecular weight is 405 g/mol. The molecule has 1 saturated heterocycles. The number of hydrogen-bond acceptors (Lipinski definition) is 4. The topological polar surface area (TPSA) is 87.3 Å². The largest absolute Gasteiger partial charge is 0.496 e. The molecule has 28 heavy (non-hydrogen) atoms. The highest BCUT2D eigenvalue weighted by Crippen LogP contribution is 2.23. The highest BCUT2D eigenvalue weighted by atomic mass is 35.5. The Balaban J connectivity index is 1.58. The third kappa shape index (κ3) is 4.65. The summed E-state index contributed by atoms with van der Waals surface area (Å²) < 4.78 is 5.24. The number of halogens is 1. The van der Waals surface area contributed by atoms with Crippen molar-refractivity contribution in [2.24, 2.45) is 5.92 Å². The van der Waals surface area contributed by atoms with Gasteiger partial charge >= 0.3 is 0 Å². The maximum Gasteiger partial charge on any atom is 0.274 e. The van der Waals surface area contributed by atoms with E-state index >= 15 is 0 Å². The molecule has 1 aromatic heterocycles. The molecule has 150 valence electrons. The number of likely N-dealkylation sites (tertiary alicyclic amines) is 1. The van der Waals surface area contributed by atoms with Gasteiger partial charge < -0.3 is 15.0 Å². The lowest BCUT2D eigenvalue weighted by atomic mass is 9.97. The molecule has 1 aliphatic heterocycles. The van der Waals surface area contributed by atoms with Gasteiger partial charge in [-0.2, -0.15) is 5.10 Å². The molecule has 7 nitrogen and oxygen atoms in total. The summed E-state index contributed by atoms with van der Waals surface area (Å²) >= 11 is 5.95. The normalized spacial score (nSPS) is 16.7. The van der Waals surface area contributed by atoms with E-state index in [0.29, 0.717) is 41.7 Å². The van der Waals surface area contributed by atoms with Crippen LogP contribution in [0.5, 0.6) is 5.75 Å². The Labute approximate surface area is 169 Å². The van der Waals surface area contributed by atoms with Crippen LogP contribution in [0.3, 0.4) is 0 Å². The number of carbonyl (C=O) groups is 2. The average Bonchev–Trinajstić information content (AvgIpc) is 3.20. The number of carbonyl (C=O) groups excluding carboxylic acids is 2. The van der Waals surface area contributed by atoms with Gasteiger partial charge in [0.2, 0.25) is 0 Å². The number of nitrogens with one attached hydrogen (secondary N) is 2. The zero-order chi connectivity index (χ0) is 20.1. The third-order valence-corrected chi connectivity index (χ3v) is 5.23. The molecule has 0 bridgehead atoms. The fourth-order valence-corrected chi connectivity index (χ4v) is 3.58. The Hall–Kier alpha value is -2.54. The Morgan fingerprint density at radius 1 is 1.39 bits per heavy atom. The fourth-order valence-electron chi connectivity index (χ4n) is 3.42. The lowest BCUT2D eigenvalue weighted by molar-refractivity contribution is 0.0665. The summed E-state index contributed by atoms with van der Waals surface area (Å²) in [6.07, 6.45) is 2.67. The molecule has 1 aromatic carbocycles. The van der Waals surface area contributed by atoms with Crippen molar-refractivity contribution in [2.75, 3.05) is 26.7 Å². The van der Waals surface area contributed by atoms with E-state index in [-0.39, 0.29) is 17.7 Å². The number of nitrogens with zero attached hydrogens (tertiary/aromatic N) is 2. The van der Waals surface area contributed by atoms with E-state index in [2.05, 4.69) is 15.5 Å². The summed E-state index contributed by atoms with van der Waals surface area (Å²) in [4.78, 5) is 27.0. The Kier molecular flexibility index (Phi) is 6.57. The first kappa shape index (κ1) is 20.2. The molecule has 2 aromatic rings. The zero-order valence-electron chi connectivity index (χ0n) is 16.1. The van der Waals surface area contributed by atoms with Gasteiger partial charge in [-0.1, -0.05) is 18.5 Å². The smallest absolute Gasteiger partial charge is 0.274 e. The van der Waals surface area contributed by atoms with Gasteiger partial charge in [-0.25, -0.2) is 0 Å². The van der Waals surface area contributed by atoms with Gasteiger partial charge in [0.05, 0.1) is 12.7 Å². The Morgan fingerprint density at radius 3 is 2.93 bits per heavy atom. The van der Waals surface area contributed by atoms with E-state index in [4.69, 9.17) is 16.3 Å². The second kappa shape index (κ2) is 9.10. The molecule has 1 unspecified atom stereocenters. The molecule has 1 atom stereocenters. The van der Waals surface area contributed by atoms with Crippen molar-refractivity contribution in [3.63, 3.8) is 0 Å². The van der Waals surface area contributed by atoms with Gasteiger partial charge in [-0.15, -0.1) is 0 Å². The number of amides is 2. The Bertz CT molecular complexity index is 852. The summed E-state index contributed by atoms with van der Waals surface area (Å²) in [5, 5.41) is 10.5. The van der Waals surface area contributed by atoms with E-state index in [9.17, 15) is 9.59 Å². The molecule has 2 N–H and O–H groups in total. The van der Waals surface area contributed by atoms with Crippen LogP contribution in [0.4, 0.5) is 0 Å². The number of H-pyrrole nitrogens is 1. The molecule has 1 fully saturated rings. The first-order valence-corrected chi connectivity index (χ1v) is 9.85. The van der Waals surface area contributed by atoms with E-state index in [1.54, 1.807) is 24.3 Å². The van der Waals surface area contributed by atoms with Crippen LogP contribution in [0, 0.1) is 5.92 Å². The van der Waals surface area contributed by atoms with E-state index in [0.717, 1.165) is 25.0 Å². The molecule has 0 aliphatic carbocycles. The summed E-state index contributed by atoms with van der Waals surface area (Å²) in [6.45, 7) is 3.82. The molecular weight excluding hydrogens is 380 g/mol. The summed E-state index contributed by atoms with van der Waals surface area (Å²) in [6, 6.07) is 6.73. The van der Waals surface area contributed by atoms with Crippen LogP contribution >= 0.6 is 11.6 Å². The highest BCUT2D eigenvalue weighted by Gasteiger charge is 2.26. The lowest BCUT2D eigenvalue weighted by Crippen LogP contribution is -2.43. The molecule has 8 heteroatoms. The van der Waals surface area contributed by atoms with Gasteiger partial charge in [0, 0.05) is 30.4 Å². The predicted molar refractivity (Wildman–Crippen MR) is 107 cm³/mol. The van der Waals surface area contributed by atoms with Gasteiger partial charge in [0.1, 0.15) is 11.4 Å². The van der Waals surface area contributed by atoms with Crippen LogP contribution in [0.1, 0.15) is 46.3 Å². The number of benzene rings is 1. The van der Waals surface area contributed by atoms with Crippen molar-refractivity contribution in [2.45, 2.75) is 26.2 Å². The number of methoxy groups -OCH3 is 1. The highest BCUT2D eigenvalue weighted by molar-refractivity contribution is 6.30. The number of aryl methyl sites for hydroxylation is 1. The molecular formula is C20H25ClN4O3. The number of piperidine rings is 1. The molecule has 0 saturated carbocycles. The molecule has 0 spiro atoms. The van der Waals surface area contributed by atoms with E-state index in [1.807, 2.05) is 11.8 Å². The van der Waals surface area contributed by atoms with Gasteiger partial charge in [0.15, 0.2) is 0 Å². The number of rotatable bonds is 6. The van der Waals surface area contributed by atoms with Crippen LogP contribution in [0.15, 0.2) is 24.3 Å². The van der Waals surface area contributed by atoms with Crippen LogP contribution in [0.2, 0.25) is 5.02 Å². The van der Waals surface area contributed by atoms with Crippen molar-refractivity contribution in [1.29, 1.82) is 0 Å². The third-order valence-electron chi connectivity index (χ3n) is 5.00. The maximum atomic E-state index is 12.7. The van der Waals surface area contributed by atoms with Gasteiger partial charge in [0.25, 0.3) is 11.8 Å². The van der Waals surface area contributed by atoms with Crippen LogP contribution in [-0.4, -0.2) is 53.7 Å². The second-order valence-electron chi connectivity index (χ2n) is 6.95. The quantitative estimate of drug-likeness (QED) is 0.774. The summed E-state index contributed by atoms with van der Waals surface area (Å²) in [7, 11) is 1.51. The molecule has 3 rings (SSSR count). The minimum atomic E-state index is -0.211. The van der Waals surface area contributed by atoms with Gasteiger partial charge in [-0.3, -0.25) is 14.7 Å². The van der Waals surface area contributed by atoms with Crippen LogP contribution in [-0.2, 0) is 6.42 Å². The minimum absolute atomic E-state index is 0.0636. The van der Waals surface area contributed by atoms with Crippen LogP contribution < -0.4 is 10.1 Å². The molecule has 1 aliphatic rings. The van der Waals surface area contributed by atoms with Crippen molar-refractivity contribution in [1.82, 2.24) is 20.4 Å². The Morgan fingerprint density at radius 2 is 2.21 bits per heavy atom. The van der Waals surface area contributed by atoms with E-state index < -0.39 is 0 Å². The number of aromatic amines is 1. The van der Waals surface area contributed by atoms with E-state index in [1.165, 1.54) is 7.11 Å². The number of aromatic nitrogens is 2. The molecule has 2 amide bonds. The monoisotopic (exact) mass is 404 g/mol. The van der Waals surface area contributed by atoms with Gasteiger partial charge in [-0.05, 0) is 49.4 Å². The zero-order valence-corrected chi connectivity index (χ0v) is 16.9. The number of ether oxygens (including phenoxy) is 1. The summed E-state index contributed by atoms with van der Waals surface area (Å²) in [5.41, 5.74) is 1.84. The fraction of sp³-hybridized carbons (Fsp3) is 0.450. The number of hydrogen-bond donors (Lipinski definition) is 2. The van der Waals surface area contributed by atoms with Crippen molar-refractivity contribution in [3.05, 3.63) is 46.2 Å². The summed E-state index contributed by atoms with van der Waals surface area (Å²) in [5.74, 6) is 0.364.